The SMILES string of the molecule is CC/C=C\C/C=C\C/C=C\C/C=C\C/C=C\CCCCCCCC(=O)OCC(COC(=O)CCCCCCC/C=C\CCCC)OC(=O)CC/C=C\C/C=C\C/C=C\C/C=C\CC. The van der Waals surface area contributed by atoms with Gasteiger partial charge in [0.2, 0.25) is 0 Å². The quantitative estimate of drug-likeness (QED) is 0.0263. The largest absolute Gasteiger partial charge is 0.462 e. The molecule has 0 radical (unpaired) electrons. The zero-order chi connectivity index (χ0) is 45.8. The van der Waals surface area contributed by atoms with Crippen LogP contribution in [0, 0.1) is 0 Å². The van der Waals surface area contributed by atoms with Gasteiger partial charge in [-0.05, 0) is 109 Å². The molecule has 6 heteroatoms. The Bertz CT molecular complexity index is 1370. The zero-order valence-corrected chi connectivity index (χ0v) is 40.3. The van der Waals surface area contributed by atoms with Gasteiger partial charge in [0.05, 0.1) is 0 Å². The molecule has 0 amide bonds. The lowest BCUT2D eigenvalue weighted by Crippen LogP contribution is -2.30. The fourth-order valence-electron chi connectivity index (χ4n) is 6.23. The first-order chi connectivity index (χ1) is 31.0. The van der Waals surface area contributed by atoms with Crippen molar-refractivity contribution in [3.63, 3.8) is 0 Å². The maximum Gasteiger partial charge on any atom is 0.306 e. The van der Waals surface area contributed by atoms with Gasteiger partial charge in [-0.1, -0.05) is 194 Å². The molecule has 0 heterocycles. The van der Waals surface area contributed by atoms with E-state index in [9.17, 15) is 14.4 Å². The lowest BCUT2D eigenvalue weighted by atomic mass is 10.1. The lowest BCUT2D eigenvalue weighted by molar-refractivity contribution is -0.166. The average molecular weight is 871 g/mol. The first kappa shape index (κ1) is 58.8. The van der Waals surface area contributed by atoms with E-state index in [1.54, 1.807) is 0 Å². The zero-order valence-electron chi connectivity index (χ0n) is 40.3. The molecule has 1 unspecified atom stereocenters. The van der Waals surface area contributed by atoms with Crippen molar-refractivity contribution in [1.82, 2.24) is 0 Å². The van der Waals surface area contributed by atoms with Crippen LogP contribution in [0.15, 0.2) is 122 Å². The van der Waals surface area contributed by atoms with Crippen molar-refractivity contribution in [1.29, 1.82) is 0 Å². The van der Waals surface area contributed by atoms with Crippen molar-refractivity contribution in [2.45, 2.75) is 207 Å². The Kier molecular flexibility index (Phi) is 47.1. The summed E-state index contributed by atoms with van der Waals surface area (Å²) in [5, 5.41) is 0. The summed E-state index contributed by atoms with van der Waals surface area (Å²) < 4.78 is 16.7. The molecular formula is C57H90O6. The highest BCUT2D eigenvalue weighted by atomic mass is 16.6. The summed E-state index contributed by atoms with van der Waals surface area (Å²) in [7, 11) is 0. The van der Waals surface area contributed by atoms with Gasteiger partial charge in [-0.15, -0.1) is 0 Å². The third-order valence-corrected chi connectivity index (χ3v) is 9.94. The molecule has 0 aliphatic heterocycles. The van der Waals surface area contributed by atoms with Gasteiger partial charge < -0.3 is 14.2 Å². The molecule has 0 aliphatic rings. The van der Waals surface area contributed by atoms with Crippen molar-refractivity contribution in [2.75, 3.05) is 13.2 Å². The highest BCUT2D eigenvalue weighted by Crippen LogP contribution is 2.12. The van der Waals surface area contributed by atoms with Gasteiger partial charge in [-0.2, -0.15) is 0 Å². The third kappa shape index (κ3) is 48.7. The topological polar surface area (TPSA) is 78.9 Å². The van der Waals surface area contributed by atoms with Crippen LogP contribution in [0.25, 0.3) is 0 Å². The number of carbonyl (C=O) groups is 3. The Morgan fingerprint density at radius 3 is 1.05 bits per heavy atom. The van der Waals surface area contributed by atoms with Gasteiger partial charge in [0.15, 0.2) is 6.10 Å². The van der Waals surface area contributed by atoms with Gasteiger partial charge in [-0.3, -0.25) is 14.4 Å². The molecule has 0 aromatic carbocycles. The second-order valence-electron chi connectivity index (χ2n) is 16.0. The molecule has 0 aliphatic carbocycles. The molecule has 0 saturated heterocycles. The molecule has 0 aromatic rings. The monoisotopic (exact) mass is 871 g/mol. The molecule has 1 atom stereocenters. The highest BCUT2D eigenvalue weighted by molar-refractivity contribution is 5.71. The maximum atomic E-state index is 12.7. The number of hydrogen-bond acceptors (Lipinski definition) is 6. The molecule has 6 nitrogen and oxygen atoms in total. The summed E-state index contributed by atoms with van der Waals surface area (Å²) in [4.78, 5) is 37.9. The molecule has 0 aromatic heterocycles. The van der Waals surface area contributed by atoms with Crippen molar-refractivity contribution in [3.05, 3.63) is 122 Å². The van der Waals surface area contributed by atoms with Crippen molar-refractivity contribution in [3.8, 4) is 0 Å². The Hall–Kier alpha value is -4.19. The summed E-state index contributed by atoms with van der Waals surface area (Å²) in [5.74, 6) is -1.04. The number of ether oxygens (including phenoxy) is 3. The molecule has 0 spiro atoms. The first-order valence-corrected chi connectivity index (χ1v) is 25.0. The van der Waals surface area contributed by atoms with Crippen LogP contribution in [-0.4, -0.2) is 37.2 Å². The minimum Gasteiger partial charge on any atom is -0.462 e. The molecule has 0 fully saturated rings. The fraction of sp³-hybridized carbons (Fsp3) is 0.596. The van der Waals surface area contributed by atoms with Crippen LogP contribution in [0.2, 0.25) is 0 Å². The normalized spacial score (nSPS) is 13.1. The predicted molar refractivity (Wildman–Crippen MR) is 269 cm³/mol. The van der Waals surface area contributed by atoms with Gasteiger partial charge in [-0.25, -0.2) is 0 Å². The minimum absolute atomic E-state index is 0.121. The number of esters is 3. The minimum atomic E-state index is -0.829. The fourth-order valence-corrected chi connectivity index (χ4v) is 6.23. The van der Waals surface area contributed by atoms with E-state index in [2.05, 4.69) is 130 Å². The van der Waals surface area contributed by atoms with E-state index in [4.69, 9.17) is 14.2 Å². The van der Waals surface area contributed by atoms with Crippen molar-refractivity contribution in [2.24, 2.45) is 0 Å². The summed E-state index contributed by atoms with van der Waals surface area (Å²) in [6, 6.07) is 0. The van der Waals surface area contributed by atoms with E-state index in [0.29, 0.717) is 19.3 Å². The number of allylic oxidation sites excluding steroid dienone is 20. The lowest BCUT2D eigenvalue weighted by Gasteiger charge is -2.18. The molecule has 0 N–H and O–H groups in total. The maximum absolute atomic E-state index is 12.7. The number of unbranched alkanes of at least 4 members (excludes halogenated alkanes) is 12. The van der Waals surface area contributed by atoms with Gasteiger partial charge >= 0.3 is 17.9 Å². The highest BCUT2D eigenvalue weighted by Gasteiger charge is 2.19. The number of hydrogen-bond donors (Lipinski definition) is 0. The van der Waals surface area contributed by atoms with E-state index >= 15 is 0 Å². The van der Waals surface area contributed by atoms with Crippen LogP contribution in [-0.2, 0) is 28.6 Å². The van der Waals surface area contributed by atoms with Gasteiger partial charge in [0, 0.05) is 19.3 Å². The van der Waals surface area contributed by atoms with Crippen LogP contribution in [0.3, 0.4) is 0 Å². The molecule has 0 rings (SSSR count). The first-order valence-electron chi connectivity index (χ1n) is 25.0. The molecule has 354 valence electrons. The Morgan fingerprint density at radius 2 is 0.651 bits per heavy atom. The van der Waals surface area contributed by atoms with Crippen LogP contribution in [0.5, 0.6) is 0 Å². The number of carbonyl (C=O) groups excluding carboxylic acids is 3. The second-order valence-corrected chi connectivity index (χ2v) is 16.0. The predicted octanol–water partition coefficient (Wildman–Crippen LogP) is 16.5. The van der Waals surface area contributed by atoms with E-state index in [1.165, 1.54) is 25.7 Å². The van der Waals surface area contributed by atoms with E-state index < -0.39 is 12.1 Å². The van der Waals surface area contributed by atoms with Crippen LogP contribution < -0.4 is 0 Å². The Balaban J connectivity index is 4.48. The van der Waals surface area contributed by atoms with Crippen LogP contribution >= 0.6 is 0 Å². The Labute approximate surface area is 386 Å². The standard InChI is InChI=1S/C57H90O6/c1-4-7-10-13-16-19-22-24-25-26-27-28-29-30-31-33-35-38-41-44-47-50-56(59)62-53-54(52-61-55(58)49-46-43-40-37-34-21-18-15-12-9-6-3)63-57(60)51-48-45-42-39-36-32-23-20-17-14-11-8-5-2/h7-8,10-11,15-20,24-25,27-28,30-32,36,42,45,54H,4-6,9,12-14,21-23,26,29,33-35,37-41,43-44,46-53H2,1-3H3/b10-7-,11-8-,18-15-,19-16-,20-17-,25-24-,28-27-,31-30-,36-32-,45-42-. The summed E-state index contributed by atoms with van der Waals surface area (Å²) in [5.41, 5.74) is 0. The summed E-state index contributed by atoms with van der Waals surface area (Å²) in [6.07, 6.45) is 69.1. The molecular weight excluding hydrogens is 781 g/mol. The van der Waals surface area contributed by atoms with Crippen LogP contribution in [0.1, 0.15) is 201 Å². The molecule has 0 bridgehead atoms. The van der Waals surface area contributed by atoms with Gasteiger partial charge in [0.25, 0.3) is 0 Å². The van der Waals surface area contributed by atoms with E-state index in [1.807, 2.05) is 12.2 Å². The smallest absolute Gasteiger partial charge is 0.306 e. The molecule has 63 heavy (non-hydrogen) atoms. The van der Waals surface area contributed by atoms with Crippen molar-refractivity contribution >= 4 is 17.9 Å². The Morgan fingerprint density at radius 1 is 0.333 bits per heavy atom. The average Bonchev–Trinajstić information content (AvgIpc) is 3.28. The van der Waals surface area contributed by atoms with E-state index in [0.717, 1.165) is 128 Å². The second kappa shape index (κ2) is 50.5. The van der Waals surface area contributed by atoms with Crippen molar-refractivity contribution < 1.29 is 28.6 Å². The number of rotatable bonds is 43. The van der Waals surface area contributed by atoms with Gasteiger partial charge in [0.1, 0.15) is 13.2 Å². The third-order valence-electron chi connectivity index (χ3n) is 9.94. The summed E-state index contributed by atoms with van der Waals surface area (Å²) in [6.45, 7) is 6.26. The molecule has 0 saturated carbocycles. The van der Waals surface area contributed by atoms with Crippen LogP contribution in [0.4, 0.5) is 0 Å². The van der Waals surface area contributed by atoms with E-state index in [-0.39, 0.29) is 31.6 Å². The summed E-state index contributed by atoms with van der Waals surface area (Å²) >= 11 is 0.